The molecule has 2 saturated carbocycles. The molecule has 0 amide bonds. The van der Waals surface area contributed by atoms with Crippen molar-refractivity contribution in [3.05, 3.63) is 114 Å². The first-order valence-electron chi connectivity index (χ1n) is 16.8. The Hall–Kier alpha value is -4.80. The van der Waals surface area contributed by atoms with E-state index in [2.05, 4.69) is 0 Å². The van der Waals surface area contributed by atoms with Crippen LogP contribution in [0.5, 0.6) is 0 Å². The molecule has 262 valence electrons. The molecule has 3 aromatic rings. The van der Waals surface area contributed by atoms with Crippen molar-refractivity contribution in [2.75, 3.05) is 0 Å². The molecule has 2 aliphatic carbocycles. The van der Waals surface area contributed by atoms with Gasteiger partial charge in [0.1, 0.15) is 23.9 Å². The fraction of sp³-hybridized carbons (Fsp3) is 0.400. The topological polar surface area (TPSA) is 135 Å². The van der Waals surface area contributed by atoms with Gasteiger partial charge in [-0.2, -0.15) is 0 Å². The summed E-state index contributed by atoms with van der Waals surface area (Å²) in [4.78, 5) is 54.2. The van der Waals surface area contributed by atoms with Crippen LogP contribution in [-0.2, 0) is 33.3 Å². The third kappa shape index (κ3) is 5.90. The van der Waals surface area contributed by atoms with Crippen LogP contribution in [0.1, 0.15) is 73.7 Å². The van der Waals surface area contributed by atoms with Crippen LogP contribution in [0, 0.1) is 11.3 Å². The number of carbonyl (C=O) groups excluding carboxylic acids is 4. The molecular formula is C40H42O10. The highest BCUT2D eigenvalue weighted by Gasteiger charge is 2.85. The zero-order valence-corrected chi connectivity index (χ0v) is 28.7. The summed E-state index contributed by atoms with van der Waals surface area (Å²) in [5.74, 6) is -3.75. The van der Waals surface area contributed by atoms with Crippen LogP contribution in [0.2, 0.25) is 0 Å². The summed E-state index contributed by atoms with van der Waals surface area (Å²) in [6.07, 6.45) is -1.83. The average molecular weight is 683 g/mol. The van der Waals surface area contributed by atoms with Gasteiger partial charge in [-0.25, -0.2) is 14.4 Å². The second-order valence-corrected chi connectivity index (χ2v) is 14.2. The molecule has 10 heteroatoms. The maximum absolute atomic E-state index is 13.9. The van der Waals surface area contributed by atoms with Gasteiger partial charge in [0.25, 0.3) is 0 Å². The third-order valence-electron chi connectivity index (χ3n) is 10.6. The highest BCUT2D eigenvalue weighted by Crippen LogP contribution is 2.69. The minimum atomic E-state index is -1.82. The summed E-state index contributed by atoms with van der Waals surface area (Å²) in [5.41, 5.74) is -5.17. The van der Waals surface area contributed by atoms with Crippen LogP contribution in [-0.4, -0.2) is 70.2 Å². The Balaban J connectivity index is 1.54. The van der Waals surface area contributed by atoms with Crippen LogP contribution in [0.15, 0.2) is 97.1 Å². The Morgan fingerprint density at radius 3 is 1.80 bits per heavy atom. The Morgan fingerprint density at radius 1 is 0.740 bits per heavy atom. The Bertz CT molecular complexity index is 1770. The molecule has 10 nitrogen and oxygen atoms in total. The molecule has 50 heavy (non-hydrogen) atoms. The molecule has 3 fully saturated rings. The van der Waals surface area contributed by atoms with Gasteiger partial charge in [-0.1, -0.05) is 66.7 Å². The summed E-state index contributed by atoms with van der Waals surface area (Å²) >= 11 is 0. The molecule has 2 bridgehead atoms. The van der Waals surface area contributed by atoms with E-state index in [1.165, 1.54) is 13.0 Å². The second kappa shape index (κ2) is 13.2. The van der Waals surface area contributed by atoms with E-state index in [-0.39, 0.29) is 24.0 Å². The fourth-order valence-corrected chi connectivity index (χ4v) is 8.48. The highest BCUT2D eigenvalue weighted by atomic mass is 16.6. The summed E-state index contributed by atoms with van der Waals surface area (Å²) in [6.45, 7) is 8.03. The van der Waals surface area contributed by atoms with Gasteiger partial charge in [-0.3, -0.25) is 4.79 Å². The molecule has 1 heterocycles. The molecule has 0 radical (unpaired) electrons. The molecule has 1 spiro atoms. The lowest BCUT2D eigenvalue weighted by molar-refractivity contribution is -0.334. The summed E-state index contributed by atoms with van der Waals surface area (Å²) in [5, 5.41) is 12.5. The van der Waals surface area contributed by atoms with Gasteiger partial charge < -0.3 is 28.8 Å². The molecule has 0 aromatic heterocycles. The van der Waals surface area contributed by atoms with Crippen molar-refractivity contribution in [2.45, 2.75) is 88.7 Å². The smallest absolute Gasteiger partial charge is 0.338 e. The molecule has 6 rings (SSSR count). The number of ether oxygens (including phenoxy) is 5. The Labute approximate surface area is 291 Å². The quantitative estimate of drug-likeness (QED) is 0.179. The molecule has 8 atom stereocenters. The van der Waals surface area contributed by atoms with Crippen molar-refractivity contribution in [3.8, 4) is 0 Å². The number of fused-ring (bicyclic) bond motifs is 1. The Kier molecular flexibility index (Phi) is 9.22. The van der Waals surface area contributed by atoms with Crippen molar-refractivity contribution in [1.82, 2.24) is 0 Å². The number of hydrogen-bond acceptors (Lipinski definition) is 10. The second-order valence-electron chi connectivity index (χ2n) is 14.2. The molecule has 3 aliphatic rings. The first-order chi connectivity index (χ1) is 23.7. The van der Waals surface area contributed by atoms with E-state index in [0.29, 0.717) is 0 Å². The van der Waals surface area contributed by atoms with E-state index in [1.807, 2.05) is 30.3 Å². The standard InChI is InChI=1S/C40H42O10/c1-25(41)46-29-23-24-38(4,45)40-33(48-35(43)27-17-11-7-12-18-27)31(37(2,3)50-40)32(47-30(42)22-21-26-15-9-6-10-16-26)34(39(29,40)5)49-36(44)28-19-13-8-14-20-28/h6-22,29,31-34,45H,23-24H2,1-5H3/b22-21+/t29-,31+,32-,33+,34-,38-,39-,40-/m0/s1. The zero-order chi connectivity index (χ0) is 35.9. The predicted octanol–water partition coefficient (Wildman–Crippen LogP) is 5.72. The lowest BCUT2D eigenvalue weighted by atomic mass is 9.47. The fourth-order valence-electron chi connectivity index (χ4n) is 8.48. The molecular weight excluding hydrogens is 640 g/mol. The van der Waals surface area contributed by atoms with Crippen molar-refractivity contribution < 1.29 is 48.0 Å². The third-order valence-corrected chi connectivity index (χ3v) is 10.6. The molecule has 1 N–H and O–H groups in total. The van der Waals surface area contributed by atoms with Crippen LogP contribution in [0.25, 0.3) is 6.08 Å². The highest BCUT2D eigenvalue weighted by molar-refractivity contribution is 5.90. The van der Waals surface area contributed by atoms with Crippen molar-refractivity contribution in [1.29, 1.82) is 0 Å². The maximum Gasteiger partial charge on any atom is 0.338 e. The van der Waals surface area contributed by atoms with Crippen molar-refractivity contribution in [2.24, 2.45) is 11.3 Å². The minimum absolute atomic E-state index is 0.0896. The van der Waals surface area contributed by atoms with Gasteiger partial charge >= 0.3 is 23.9 Å². The number of rotatable bonds is 8. The molecule has 1 saturated heterocycles. The van der Waals surface area contributed by atoms with Gasteiger partial charge in [-0.15, -0.1) is 0 Å². The van der Waals surface area contributed by atoms with E-state index >= 15 is 0 Å². The number of benzene rings is 3. The summed E-state index contributed by atoms with van der Waals surface area (Å²) in [6, 6.07) is 25.9. The van der Waals surface area contributed by atoms with Gasteiger partial charge in [0.05, 0.1) is 33.7 Å². The maximum atomic E-state index is 13.9. The summed E-state index contributed by atoms with van der Waals surface area (Å²) < 4.78 is 32.0. The summed E-state index contributed by atoms with van der Waals surface area (Å²) in [7, 11) is 0. The molecule has 1 aliphatic heterocycles. The predicted molar refractivity (Wildman–Crippen MR) is 182 cm³/mol. The van der Waals surface area contributed by atoms with E-state index in [9.17, 15) is 24.3 Å². The van der Waals surface area contributed by atoms with Crippen LogP contribution < -0.4 is 0 Å². The number of carbonyl (C=O) groups is 4. The Morgan fingerprint density at radius 2 is 1.26 bits per heavy atom. The van der Waals surface area contributed by atoms with E-state index in [4.69, 9.17) is 23.7 Å². The number of esters is 4. The normalized spacial score (nSPS) is 32.4. The van der Waals surface area contributed by atoms with Crippen LogP contribution in [0.3, 0.4) is 0 Å². The van der Waals surface area contributed by atoms with Crippen LogP contribution >= 0.6 is 0 Å². The van der Waals surface area contributed by atoms with Gasteiger partial charge in [0.15, 0.2) is 6.10 Å². The first kappa shape index (κ1) is 35.0. The molecule has 0 unspecified atom stereocenters. The average Bonchev–Trinajstić information content (AvgIpc) is 3.30. The van der Waals surface area contributed by atoms with Gasteiger partial charge in [0.2, 0.25) is 0 Å². The largest absolute Gasteiger partial charge is 0.462 e. The zero-order valence-electron chi connectivity index (χ0n) is 28.7. The minimum Gasteiger partial charge on any atom is -0.462 e. The van der Waals surface area contributed by atoms with E-state index in [0.717, 1.165) is 5.56 Å². The van der Waals surface area contributed by atoms with E-state index < -0.39 is 76.4 Å². The van der Waals surface area contributed by atoms with E-state index in [1.54, 1.807) is 94.4 Å². The SMILES string of the molecule is CC(=O)O[C@H]1CC[C@](C)(O)[C@]23OC(C)(C)[C@H]([C@H](OC(=O)/C=C/c4ccccc4)[C@H](OC(=O)c4ccccc4)[C@]12C)[C@H]3OC(=O)c1ccccc1. The molecule has 3 aromatic carbocycles. The van der Waals surface area contributed by atoms with Crippen molar-refractivity contribution in [3.63, 3.8) is 0 Å². The lowest BCUT2D eigenvalue weighted by Gasteiger charge is -2.65. The number of aliphatic hydroxyl groups is 1. The van der Waals surface area contributed by atoms with Gasteiger partial charge in [0, 0.05) is 13.0 Å². The van der Waals surface area contributed by atoms with Crippen LogP contribution in [0.4, 0.5) is 0 Å². The first-order valence-corrected chi connectivity index (χ1v) is 16.8. The number of hydrogen-bond donors (Lipinski definition) is 1. The monoisotopic (exact) mass is 682 g/mol. The lowest BCUT2D eigenvalue weighted by Crippen LogP contribution is -2.81. The van der Waals surface area contributed by atoms with Crippen molar-refractivity contribution >= 4 is 30.0 Å². The van der Waals surface area contributed by atoms with Gasteiger partial charge in [-0.05, 0) is 76.4 Å².